The molecule has 1 saturated heterocycles. The molecule has 110 valence electrons. The van der Waals surface area contributed by atoms with Gasteiger partial charge in [0.2, 0.25) is 5.91 Å². The first-order chi connectivity index (χ1) is 9.37. The maximum atomic E-state index is 12.1. The highest BCUT2D eigenvalue weighted by Gasteiger charge is 2.24. The van der Waals surface area contributed by atoms with Gasteiger partial charge in [-0.05, 0) is 30.5 Å². The van der Waals surface area contributed by atoms with E-state index in [0.717, 1.165) is 12.8 Å². The van der Waals surface area contributed by atoms with Crippen LogP contribution in [0.1, 0.15) is 18.4 Å². The fourth-order valence-corrected chi connectivity index (χ4v) is 4.11. The van der Waals surface area contributed by atoms with Gasteiger partial charge in [0, 0.05) is 23.1 Å². The number of nitrogens with zero attached hydrogens (tertiary/aromatic N) is 1. The zero-order valence-electron chi connectivity index (χ0n) is 10.8. The van der Waals surface area contributed by atoms with Gasteiger partial charge in [-0.2, -0.15) is 0 Å². The van der Waals surface area contributed by atoms with E-state index in [-0.39, 0.29) is 11.7 Å². The van der Waals surface area contributed by atoms with Crippen LogP contribution in [0.25, 0.3) is 0 Å². The number of sulfone groups is 1. The van der Waals surface area contributed by atoms with Crippen LogP contribution in [-0.2, 0) is 20.4 Å². The summed E-state index contributed by atoms with van der Waals surface area (Å²) >= 11 is 11.7. The van der Waals surface area contributed by atoms with Gasteiger partial charge < -0.3 is 4.90 Å². The second-order valence-corrected chi connectivity index (χ2v) is 7.76. The summed E-state index contributed by atoms with van der Waals surface area (Å²) in [6.07, 6.45) is 1.88. The minimum absolute atomic E-state index is 0.247. The molecule has 7 heteroatoms. The number of hydrogen-bond acceptors (Lipinski definition) is 3. The highest BCUT2D eigenvalue weighted by Crippen LogP contribution is 2.23. The molecule has 0 unspecified atom stereocenters. The molecule has 1 aliphatic rings. The van der Waals surface area contributed by atoms with Crippen LogP contribution in [-0.4, -0.2) is 38.1 Å². The smallest absolute Gasteiger partial charge is 0.237 e. The molecule has 1 heterocycles. The molecule has 1 aromatic carbocycles. The lowest BCUT2D eigenvalue weighted by Gasteiger charge is -2.15. The summed E-state index contributed by atoms with van der Waals surface area (Å²) in [6, 6.07) is 4.65. The average molecular weight is 336 g/mol. The Morgan fingerprint density at radius 3 is 2.45 bits per heavy atom. The largest absolute Gasteiger partial charge is 0.342 e. The predicted molar refractivity (Wildman–Crippen MR) is 79.8 cm³/mol. The zero-order valence-corrected chi connectivity index (χ0v) is 13.1. The lowest BCUT2D eigenvalue weighted by molar-refractivity contribution is -0.127. The maximum absolute atomic E-state index is 12.1. The van der Waals surface area contributed by atoms with Crippen molar-refractivity contribution in [3.8, 4) is 0 Å². The number of amides is 1. The van der Waals surface area contributed by atoms with E-state index in [1.54, 1.807) is 17.0 Å². The van der Waals surface area contributed by atoms with E-state index >= 15 is 0 Å². The first-order valence-corrected chi connectivity index (χ1v) is 8.87. The van der Waals surface area contributed by atoms with Gasteiger partial charge in [-0.1, -0.05) is 29.3 Å². The second-order valence-electron chi connectivity index (χ2n) is 4.86. The first kappa shape index (κ1) is 15.6. The van der Waals surface area contributed by atoms with Gasteiger partial charge in [0.05, 0.1) is 5.75 Å². The molecule has 0 N–H and O–H groups in total. The summed E-state index contributed by atoms with van der Waals surface area (Å²) in [6.45, 7) is 1.30. The minimum Gasteiger partial charge on any atom is -0.342 e. The number of benzene rings is 1. The molecule has 0 spiro atoms. The fraction of sp³-hybridized carbons (Fsp3) is 0.462. The standard InChI is InChI=1S/C13H15Cl2NO3S/c14-11-4-3-10(12(15)7-11)8-20(18,19)9-13(17)16-5-1-2-6-16/h3-4,7H,1-2,5-6,8-9H2. The Bertz CT molecular complexity index is 610. The Morgan fingerprint density at radius 2 is 1.85 bits per heavy atom. The molecular weight excluding hydrogens is 321 g/mol. The Kier molecular flexibility index (Phi) is 4.94. The highest BCUT2D eigenvalue weighted by atomic mass is 35.5. The zero-order chi connectivity index (χ0) is 14.8. The van der Waals surface area contributed by atoms with Crippen LogP contribution >= 0.6 is 23.2 Å². The van der Waals surface area contributed by atoms with Crippen molar-refractivity contribution >= 4 is 38.9 Å². The van der Waals surface area contributed by atoms with E-state index in [1.807, 2.05) is 0 Å². The van der Waals surface area contributed by atoms with Crippen LogP contribution in [0.2, 0.25) is 10.0 Å². The van der Waals surface area contributed by atoms with Crippen molar-refractivity contribution in [2.75, 3.05) is 18.8 Å². The molecule has 1 aromatic rings. The minimum atomic E-state index is -3.53. The molecular formula is C13H15Cl2NO3S. The van der Waals surface area contributed by atoms with Crippen LogP contribution in [0, 0.1) is 0 Å². The summed E-state index contributed by atoms with van der Waals surface area (Å²) in [5.74, 6) is -1.04. The van der Waals surface area contributed by atoms with E-state index in [4.69, 9.17) is 23.2 Å². The molecule has 4 nitrogen and oxygen atoms in total. The van der Waals surface area contributed by atoms with Gasteiger partial charge >= 0.3 is 0 Å². The number of carbonyl (C=O) groups excluding carboxylic acids is 1. The first-order valence-electron chi connectivity index (χ1n) is 6.29. The van der Waals surface area contributed by atoms with Gasteiger partial charge in [-0.25, -0.2) is 8.42 Å². The fourth-order valence-electron chi connectivity index (χ4n) is 2.17. The van der Waals surface area contributed by atoms with Crippen LogP contribution in [0.3, 0.4) is 0 Å². The monoisotopic (exact) mass is 335 g/mol. The Labute approximate surface area is 128 Å². The van der Waals surface area contributed by atoms with Crippen molar-refractivity contribution in [1.29, 1.82) is 0 Å². The van der Waals surface area contributed by atoms with Gasteiger partial charge in [-0.15, -0.1) is 0 Å². The topological polar surface area (TPSA) is 54.5 Å². The number of likely N-dealkylation sites (tertiary alicyclic amines) is 1. The number of halogens is 2. The molecule has 0 aliphatic carbocycles. The van der Waals surface area contributed by atoms with Gasteiger partial charge in [0.25, 0.3) is 0 Å². The molecule has 0 radical (unpaired) electrons. The third kappa shape index (κ3) is 4.11. The van der Waals surface area contributed by atoms with Crippen molar-refractivity contribution < 1.29 is 13.2 Å². The summed E-state index contributed by atoms with van der Waals surface area (Å²) in [5, 5.41) is 0.749. The number of rotatable bonds is 4. The summed E-state index contributed by atoms with van der Waals surface area (Å²) in [5.41, 5.74) is 0.463. The van der Waals surface area contributed by atoms with Crippen LogP contribution in [0.15, 0.2) is 18.2 Å². The van der Waals surface area contributed by atoms with Gasteiger partial charge in [0.1, 0.15) is 5.75 Å². The van der Waals surface area contributed by atoms with Crippen molar-refractivity contribution in [2.24, 2.45) is 0 Å². The van der Waals surface area contributed by atoms with Crippen LogP contribution < -0.4 is 0 Å². The van der Waals surface area contributed by atoms with Crippen molar-refractivity contribution in [3.05, 3.63) is 33.8 Å². The van der Waals surface area contributed by atoms with Crippen LogP contribution in [0.4, 0.5) is 0 Å². The van der Waals surface area contributed by atoms with Crippen molar-refractivity contribution in [3.63, 3.8) is 0 Å². The molecule has 0 atom stereocenters. The van der Waals surface area contributed by atoms with Gasteiger partial charge in [0.15, 0.2) is 9.84 Å². The molecule has 1 fully saturated rings. The lowest BCUT2D eigenvalue weighted by Crippen LogP contribution is -2.33. The van der Waals surface area contributed by atoms with Crippen LogP contribution in [0.5, 0.6) is 0 Å². The molecule has 0 bridgehead atoms. The molecule has 0 saturated carbocycles. The average Bonchev–Trinajstić information content (AvgIpc) is 2.86. The maximum Gasteiger partial charge on any atom is 0.237 e. The molecule has 0 aromatic heterocycles. The van der Waals surface area contributed by atoms with Crippen molar-refractivity contribution in [1.82, 2.24) is 4.90 Å². The lowest BCUT2D eigenvalue weighted by atomic mass is 10.2. The highest BCUT2D eigenvalue weighted by molar-refractivity contribution is 7.91. The SMILES string of the molecule is O=C(CS(=O)(=O)Cc1ccc(Cl)cc1Cl)N1CCCC1. The molecule has 20 heavy (non-hydrogen) atoms. The number of hydrogen-bond donors (Lipinski definition) is 0. The second kappa shape index (κ2) is 6.33. The quantitative estimate of drug-likeness (QED) is 0.849. The Balaban J connectivity index is 2.05. The summed E-state index contributed by atoms with van der Waals surface area (Å²) < 4.78 is 24.1. The van der Waals surface area contributed by atoms with E-state index in [1.165, 1.54) is 6.07 Å². The summed E-state index contributed by atoms with van der Waals surface area (Å²) in [4.78, 5) is 13.5. The normalized spacial score (nSPS) is 15.6. The molecule has 1 amide bonds. The van der Waals surface area contributed by atoms with Gasteiger partial charge in [-0.3, -0.25) is 4.79 Å². The Morgan fingerprint density at radius 1 is 1.20 bits per heavy atom. The molecule has 2 rings (SSSR count). The van der Waals surface area contributed by atoms with Crippen molar-refractivity contribution in [2.45, 2.75) is 18.6 Å². The van der Waals surface area contributed by atoms with E-state index in [9.17, 15) is 13.2 Å². The van der Waals surface area contributed by atoms with E-state index < -0.39 is 15.6 Å². The predicted octanol–water partition coefficient (Wildman–Crippen LogP) is 2.53. The van der Waals surface area contributed by atoms with E-state index in [2.05, 4.69) is 0 Å². The third-order valence-electron chi connectivity index (χ3n) is 3.19. The third-order valence-corrected chi connectivity index (χ3v) is 5.22. The molecule has 1 aliphatic heterocycles. The van der Waals surface area contributed by atoms with E-state index in [0.29, 0.717) is 28.7 Å². The summed E-state index contributed by atoms with van der Waals surface area (Å²) in [7, 11) is -3.53. The Hall–Kier alpha value is -0.780. The number of carbonyl (C=O) groups is 1.